The van der Waals surface area contributed by atoms with Gasteiger partial charge in [-0.2, -0.15) is 0 Å². The Morgan fingerprint density at radius 3 is 1.67 bits per heavy atom. The standard InChI is InChI=1S/C8H17NO4S.C8H17NO/c1-4-8(2,3)7(10)13-5-6-14(9,11)12;1-6-8(2,3)7(10)9(4)5/h4-6H2,1-3H3,(H2,9,11,12);6H2,1-5H3. The highest BCUT2D eigenvalue weighted by Crippen LogP contribution is 2.21. The van der Waals surface area contributed by atoms with Crippen LogP contribution in [0.3, 0.4) is 0 Å². The largest absolute Gasteiger partial charge is 0.464 e. The minimum atomic E-state index is -3.55. The fourth-order valence-corrected chi connectivity index (χ4v) is 1.66. The molecule has 144 valence electrons. The fourth-order valence-electron chi connectivity index (χ4n) is 1.35. The first-order valence-corrected chi connectivity index (χ1v) is 9.71. The Labute approximate surface area is 147 Å². The maximum Gasteiger partial charge on any atom is 0.311 e. The first kappa shape index (κ1) is 25.1. The number of nitrogens with zero attached hydrogens (tertiary/aromatic N) is 1. The molecule has 24 heavy (non-hydrogen) atoms. The van der Waals surface area contributed by atoms with Gasteiger partial charge >= 0.3 is 5.97 Å². The molecule has 0 aliphatic rings. The van der Waals surface area contributed by atoms with Crippen LogP contribution in [0.1, 0.15) is 54.4 Å². The zero-order valence-electron chi connectivity index (χ0n) is 16.3. The molecule has 0 unspecified atom stereocenters. The summed E-state index contributed by atoms with van der Waals surface area (Å²) in [7, 11) is 0.0336. The predicted octanol–water partition coefficient (Wildman–Crippen LogP) is 1.77. The topological polar surface area (TPSA) is 107 Å². The average Bonchev–Trinajstić information content (AvgIpc) is 2.45. The van der Waals surface area contributed by atoms with E-state index in [0.29, 0.717) is 6.42 Å². The quantitative estimate of drug-likeness (QED) is 0.691. The second-order valence-electron chi connectivity index (χ2n) is 7.18. The van der Waals surface area contributed by atoms with Gasteiger partial charge in [0.05, 0.1) is 11.2 Å². The summed E-state index contributed by atoms with van der Waals surface area (Å²) in [6.07, 6.45) is 1.53. The van der Waals surface area contributed by atoms with Crippen LogP contribution in [-0.4, -0.2) is 51.6 Å². The molecular weight excluding hydrogens is 332 g/mol. The lowest BCUT2D eigenvalue weighted by Gasteiger charge is -2.25. The number of primary sulfonamides is 1. The van der Waals surface area contributed by atoms with E-state index >= 15 is 0 Å². The Hall–Kier alpha value is -1.15. The van der Waals surface area contributed by atoms with Crippen molar-refractivity contribution >= 4 is 21.9 Å². The first-order valence-electron chi connectivity index (χ1n) is 8.00. The van der Waals surface area contributed by atoms with Gasteiger partial charge in [-0.25, -0.2) is 13.6 Å². The van der Waals surface area contributed by atoms with Crippen molar-refractivity contribution in [2.75, 3.05) is 26.5 Å². The molecule has 0 aliphatic carbocycles. The molecule has 0 aromatic heterocycles. The van der Waals surface area contributed by atoms with Crippen LogP contribution in [0.15, 0.2) is 0 Å². The molecule has 0 radical (unpaired) electrons. The monoisotopic (exact) mass is 366 g/mol. The summed E-state index contributed by atoms with van der Waals surface area (Å²) in [5.74, 6) is -0.530. The molecule has 0 rings (SSSR count). The van der Waals surface area contributed by atoms with E-state index in [1.807, 2.05) is 27.7 Å². The lowest BCUT2D eigenvalue weighted by atomic mass is 9.89. The van der Waals surface area contributed by atoms with Crippen molar-refractivity contribution in [1.82, 2.24) is 4.90 Å². The van der Waals surface area contributed by atoms with Gasteiger partial charge in [0, 0.05) is 19.5 Å². The molecule has 1 amide bonds. The van der Waals surface area contributed by atoms with Gasteiger partial charge in [0.15, 0.2) is 0 Å². The van der Waals surface area contributed by atoms with E-state index in [4.69, 9.17) is 9.88 Å². The van der Waals surface area contributed by atoms with Gasteiger partial charge in [0.1, 0.15) is 6.61 Å². The van der Waals surface area contributed by atoms with Gasteiger partial charge in [0.25, 0.3) is 0 Å². The summed E-state index contributed by atoms with van der Waals surface area (Å²) in [6, 6.07) is 0. The van der Waals surface area contributed by atoms with Crippen LogP contribution < -0.4 is 5.14 Å². The van der Waals surface area contributed by atoms with Crippen LogP contribution in [0.5, 0.6) is 0 Å². The van der Waals surface area contributed by atoms with Crippen LogP contribution in [0.2, 0.25) is 0 Å². The number of nitrogens with two attached hydrogens (primary N) is 1. The van der Waals surface area contributed by atoms with E-state index in [9.17, 15) is 18.0 Å². The third-order valence-corrected chi connectivity index (χ3v) is 4.64. The molecule has 0 aliphatic heterocycles. The predicted molar refractivity (Wildman–Crippen MR) is 95.8 cm³/mol. The van der Waals surface area contributed by atoms with Gasteiger partial charge < -0.3 is 9.64 Å². The number of carbonyl (C=O) groups is 2. The first-order chi connectivity index (χ1) is 10.6. The van der Waals surface area contributed by atoms with Crippen molar-refractivity contribution in [1.29, 1.82) is 0 Å². The molecule has 7 nitrogen and oxygen atoms in total. The van der Waals surface area contributed by atoms with Gasteiger partial charge in [-0.05, 0) is 26.7 Å². The molecule has 0 saturated carbocycles. The van der Waals surface area contributed by atoms with Gasteiger partial charge in [0.2, 0.25) is 15.9 Å². The zero-order chi connectivity index (χ0) is 19.8. The zero-order valence-corrected chi connectivity index (χ0v) is 17.1. The molecule has 0 atom stereocenters. The van der Waals surface area contributed by atoms with Crippen LogP contribution in [0.25, 0.3) is 0 Å². The fraction of sp³-hybridized carbons (Fsp3) is 0.875. The minimum absolute atomic E-state index is 0.179. The number of hydrogen-bond donors (Lipinski definition) is 1. The van der Waals surface area contributed by atoms with Crippen molar-refractivity contribution in [3.8, 4) is 0 Å². The molecule has 0 aromatic carbocycles. The number of hydrogen-bond acceptors (Lipinski definition) is 5. The third-order valence-electron chi connectivity index (χ3n) is 3.91. The molecule has 8 heteroatoms. The second kappa shape index (κ2) is 9.98. The van der Waals surface area contributed by atoms with Crippen LogP contribution in [0, 0.1) is 10.8 Å². The van der Waals surface area contributed by atoms with Crippen LogP contribution in [0.4, 0.5) is 0 Å². The number of amides is 1. The van der Waals surface area contributed by atoms with Crippen LogP contribution >= 0.6 is 0 Å². The molecule has 0 bridgehead atoms. The van der Waals surface area contributed by atoms with Crippen LogP contribution in [-0.2, 0) is 24.3 Å². The smallest absolute Gasteiger partial charge is 0.311 e. The normalized spacial score (nSPS) is 12.0. The molecule has 0 heterocycles. The van der Waals surface area contributed by atoms with E-state index in [1.54, 1.807) is 32.8 Å². The highest BCUT2D eigenvalue weighted by molar-refractivity contribution is 7.89. The summed E-state index contributed by atoms with van der Waals surface area (Å²) < 4.78 is 25.8. The molecule has 0 fully saturated rings. The lowest BCUT2D eigenvalue weighted by molar-refractivity contribution is -0.153. The van der Waals surface area contributed by atoms with Gasteiger partial charge in [-0.15, -0.1) is 0 Å². The van der Waals surface area contributed by atoms with E-state index < -0.39 is 21.4 Å². The highest BCUT2D eigenvalue weighted by Gasteiger charge is 2.27. The Morgan fingerprint density at radius 1 is 1.00 bits per heavy atom. The Bertz CT molecular complexity index is 511. The van der Waals surface area contributed by atoms with Crippen molar-refractivity contribution in [3.63, 3.8) is 0 Å². The maximum atomic E-state index is 11.3. The van der Waals surface area contributed by atoms with Crippen molar-refractivity contribution in [2.45, 2.75) is 54.4 Å². The highest BCUT2D eigenvalue weighted by atomic mass is 32.2. The number of esters is 1. The average molecular weight is 367 g/mol. The maximum absolute atomic E-state index is 11.3. The van der Waals surface area contributed by atoms with Gasteiger partial charge in [-0.1, -0.05) is 27.7 Å². The van der Waals surface area contributed by atoms with Gasteiger partial charge in [-0.3, -0.25) is 9.59 Å². The number of carbonyl (C=O) groups excluding carboxylic acids is 2. The third kappa shape index (κ3) is 10.6. The van der Waals surface area contributed by atoms with Crippen molar-refractivity contribution < 1.29 is 22.7 Å². The minimum Gasteiger partial charge on any atom is -0.464 e. The molecular formula is C16H34N2O5S. The molecule has 2 N–H and O–H groups in total. The van der Waals surface area contributed by atoms with E-state index in [0.717, 1.165) is 6.42 Å². The Morgan fingerprint density at radius 2 is 1.42 bits per heavy atom. The van der Waals surface area contributed by atoms with Crippen molar-refractivity contribution in [3.05, 3.63) is 0 Å². The number of ether oxygens (including phenoxy) is 1. The van der Waals surface area contributed by atoms with E-state index in [1.165, 1.54) is 0 Å². The molecule has 0 aromatic rings. The number of sulfonamides is 1. The lowest BCUT2D eigenvalue weighted by Crippen LogP contribution is -2.35. The SMILES string of the molecule is CCC(C)(C)C(=O)N(C)C.CCC(C)(C)C(=O)OCCS(N)(=O)=O. The summed E-state index contributed by atoms with van der Waals surface area (Å²) in [5.41, 5.74) is -0.762. The Kier molecular flexibility index (Phi) is 10.4. The molecule has 0 spiro atoms. The van der Waals surface area contributed by atoms with Crippen molar-refractivity contribution in [2.24, 2.45) is 16.0 Å². The summed E-state index contributed by atoms with van der Waals surface area (Å²) in [5, 5.41) is 4.74. The number of rotatable bonds is 7. The van der Waals surface area contributed by atoms with E-state index in [-0.39, 0.29) is 23.7 Å². The summed E-state index contributed by atoms with van der Waals surface area (Å²) >= 11 is 0. The Balaban J connectivity index is 0. The van der Waals surface area contributed by atoms with E-state index in [2.05, 4.69) is 0 Å². The summed E-state index contributed by atoms with van der Waals surface area (Å²) in [4.78, 5) is 24.3. The second-order valence-corrected chi connectivity index (χ2v) is 8.91. The molecule has 0 saturated heterocycles. The summed E-state index contributed by atoms with van der Waals surface area (Å²) in [6.45, 7) is 11.1.